The molecule has 3 nitrogen and oxygen atoms in total. The van der Waals surface area contributed by atoms with E-state index in [9.17, 15) is 0 Å². The van der Waals surface area contributed by atoms with Crippen LogP contribution in [0.3, 0.4) is 0 Å². The molecule has 1 aromatic rings. The minimum absolute atomic E-state index is 0.289. The molecule has 2 unspecified atom stereocenters. The molecule has 1 aliphatic heterocycles. The normalized spacial score (nSPS) is 21.3. The minimum atomic E-state index is 0.289. The summed E-state index contributed by atoms with van der Waals surface area (Å²) in [5.41, 5.74) is 1.17. The standard InChI is InChI=1S/C15H22BrClN2O/c1-18-15(13-4-3-11(16)9-14(13)17)6-8-19-7-5-12(10-19)20-2/h3-4,9,12,15,18H,5-8,10H2,1-2H3. The van der Waals surface area contributed by atoms with Gasteiger partial charge < -0.3 is 15.0 Å². The van der Waals surface area contributed by atoms with Crippen molar-refractivity contribution in [3.05, 3.63) is 33.3 Å². The van der Waals surface area contributed by atoms with Crippen LogP contribution < -0.4 is 5.32 Å². The number of nitrogens with zero attached hydrogens (tertiary/aromatic N) is 1. The molecule has 112 valence electrons. The van der Waals surface area contributed by atoms with Gasteiger partial charge in [-0.2, -0.15) is 0 Å². The Bertz CT molecular complexity index is 444. The van der Waals surface area contributed by atoms with E-state index in [4.69, 9.17) is 16.3 Å². The molecule has 5 heteroatoms. The monoisotopic (exact) mass is 360 g/mol. The maximum atomic E-state index is 6.34. The highest BCUT2D eigenvalue weighted by molar-refractivity contribution is 9.10. The summed E-state index contributed by atoms with van der Waals surface area (Å²) >= 11 is 9.79. The fourth-order valence-corrected chi connectivity index (χ4v) is 3.55. The van der Waals surface area contributed by atoms with Crippen LogP contribution in [0.2, 0.25) is 5.02 Å². The molecular formula is C15H22BrClN2O. The van der Waals surface area contributed by atoms with Gasteiger partial charge in [-0.05, 0) is 37.6 Å². The Morgan fingerprint density at radius 3 is 2.95 bits per heavy atom. The van der Waals surface area contributed by atoms with Crippen LogP contribution in [0.4, 0.5) is 0 Å². The van der Waals surface area contributed by atoms with E-state index >= 15 is 0 Å². The van der Waals surface area contributed by atoms with Gasteiger partial charge in [-0.1, -0.05) is 33.6 Å². The number of halogens is 2. The SMILES string of the molecule is CNC(CCN1CCC(OC)C1)c1ccc(Br)cc1Cl. The Hall–Kier alpha value is -0.130. The third kappa shape index (κ3) is 4.18. The Morgan fingerprint density at radius 1 is 1.55 bits per heavy atom. The van der Waals surface area contributed by atoms with Gasteiger partial charge >= 0.3 is 0 Å². The van der Waals surface area contributed by atoms with E-state index in [0.29, 0.717) is 6.10 Å². The van der Waals surface area contributed by atoms with Crippen molar-refractivity contribution in [3.63, 3.8) is 0 Å². The summed E-state index contributed by atoms with van der Waals surface area (Å²) in [4.78, 5) is 2.46. The lowest BCUT2D eigenvalue weighted by Crippen LogP contribution is -2.28. The van der Waals surface area contributed by atoms with Crippen molar-refractivity contribution >= 4 is 27.5 Å². The lowest BCUT2D eigenvalue weighted by atomic mass is 10.0. The number of ether oxygens (including phenoxy) is 1. The number of nitrogens with one attached hydrogen (secondary N) is 1. The first-order chi connectivity index (χ1) is 9.63. The maximum absolute atomic E-state index is 6.34. The summed E-state index contributed by atoms with van der Waals surface area (Å²) in [7, 11) is 3.79. The average Bonchev–Trinajstić information content (AvgIpc) is 2.89. The lowest BCUT2D eigenvalue weighted by Gasteiger charge is -2.22. The molecule has 0 saturated carbocycles. The summed E-state index contributed by atoms with van der Waals surface area (Å²) in [6.07, 6.45) is 2.59. The molecule has 1 aromatic carbocycles. The van der Waals surface area contributed by atoms with Gasteiger partial charge in [0, 0.05) is 42.3 Å². The Labute approximate surface area is 134 Å². The van der Waals surface area contributed by atoms with E-state index in [-0.39, 0.29) is 6.04 Å². The number of methoxy groups -OCH3 is 1. The molecule has 1 heterocycles. The van der Waals surface area contributed by atoms with Crippen molar-refractivity contribution in [2.75, 3.05) is 33.8 Å². The minimum Gasteiger partial charge on any atom is -0.380 e. The van der Waals surface area contributed by atoms with Gasteiger partial charge in [-0.3, -0.25) is 0 Å². The fraction of sp³-hybridized carbons (Fsp3) is 0.600. The highest BCUT2D eigenvalue weighted by Gasteiger charge is 2.23. The summed E-state index contributed by atoms with van der Waals surface area (Å²) in [6.45, 7) is 3.24. The van der Waals surface area contributed by atoms with Gasteiger partial charge in [-0.15, -0.1) is 0 Å². The van der Waals surface area contributed by atoms with Gasteiger partial charge in [0.05, 0.1) is 6.10 Å². The van der Waals surface area contributed by atoms with Crippen molar-refractivity contribution in [1.82, 2.24) is 10.2 Å². The zero-order valence-electron chi connectivity index (χ0n) is 12.0. The molecule has 2 atom stereocenters. The van der Waals surface area contributed by atoms with Crippen molar-refractivity contribution in [1.29, 1.82) is 0 Å². The van der Waals surface area contributed by atoms with E-state index in [2.05, 4.69) is 32.2 Å². The molecular weight excluding hydrogens is 340 g/mol. The number of rotatable bonds is 6. The summed E-state index contributed by atoms with van der Waals surface area (Å²) in [5.74, 6) is 0. The smallest absolute Gasteiger partial charge is 0.0710 e. The van der Waals surface area contributed by atoms with Gasteiger partial charge in [-0.25, -0.2) is 0 Å². The number of hydrogen-bond donors (Lipinski definition) is 1. The van der Waals surface area contributed by atoms with Crippen LogP contribution in [0.25, 0.3) is 0 Å². The number of benzene rings is 1. The molecule has 0 radical (unpaired) electrons. The van der Waals surface area contributed by atoms with Crippen LogP contribution in [0.5, 0.6) is 0 Å². The Balaban J connectivity index is 1.92. The molecule has 1 saturated heterocycles. The number of hydrogen-bond acceptors (Lipinski definition) is 3. The van der Waals surface area contributed by atoms with Crippen LogP contribution in [0.15, 0.2) is 22.7 Å². The molecule has 0 aliphatic carbocycles. The van der Waals surface area contributed by atoms with Crippen molar-refractivity contribution in [2.45, 2.75) is 25.0 Å². The van der Waals surface area contributed by atoms with Crippen LogP contribution >= 0.6 is 27.5 Å². The van der Waals surface area contributed by atoms with Crippen LogP contribution in [0, 0.1) is 0 Å². The highest BCUT2D eigenvalue weighted by Crippen LogP contribution is 2.28. The zero-order valence-corrected chi connectivity index (χ0v) is 14.4. The Kier molecular flexibility index (Phi) is 6.30. The largest absolute Gasteiger partial charge is 0.380 e. The first kappa shape index (κ1) is 16.2. The average molecular weight is 362 g/mol. The lowest BCUT2D eigenvalue weighted by molar-refractivity contribution is 0.107. The fourth-order valence-electron chi connectivity index (χ4n) is 2.74. The topological polar surface area (TPSA) is 24.5 Å². The van der Waals surface area contributed by atoms with E-state index in [1.165, 1.54) is 5.56 Å². The molecule has 2 rings (SSSR count). The molecule has 1 N–H and O–H groups in total. The third-order valence-corrected chi connectivity index (χ3v) is 4.80. The summed E-state index contributed by atoms with van der Waals surface area (Å²) < 4.78 is 6.43. The molecule has 20 heavy (non-hydrogen) atoms. The molecule has 1 fully saturated rings. The summed E-state index contributed by atoms with van der Waals surface area (Å²) in [5, 5.41) is 4.18. The van der Waals surface area contributed by atoms with Crippen LogP contribution in [0.1, 0.15) is 24.4 Å². The maximum Gasteiger partial charge on any atom is 0.0710 e. The molecule has 0 bridgehead atoms. The predicted octanol–water partition coefficient (Wildman–Crippen LogP) is 3.47. The van der Waals surface area contributed by atoms with E-state index in [1.807, 2.05) is 19.2 Å². The van der Waals surface area contributed by atoms with Crippen molar-refractivity contribution in [3.8, 4) is 0 Å². The third-order valence-electron chi connectivity index (χ3n) is 3.98. The summed E-state index contributed by atoms with van der Waals surface area (Å²) in [6, 6.07) is 6.38. The highest BCUT2D eigenvalue weighted by atomic mass is 79.9. The predicted molar refractivity (Wildman–Crippen MR) is 87.4 cm³/mol. The van der Waals surface area contributed by atoms with E-state index < -0.39 is 0 Å². The molecule has 1 aliphatic rings. The van der Waals surface area contributed by atoms with Gasteiger partial charge in [0.25, 0.3) is 0 Å². The second-order valence-electron chi connectivity index (χ2n) is 5.24. The molecule has 0 spiro atoms. The Morgan fingerprint density at radius 2 is 2.35 bits per heavy atom. The van der Waals surface area contributed by atoms with Crippen molar-refractivity contribution in [2.24, 2.45) is 0 Å². The van der Waals surface area contributed by atoms with Gasteiger partial charge in [0.15, 0.2) is 0 Å². The second kappa shape index (κ2) is 7.76. The first-order valence-corrected chi connectivity index (χ1v) is 8.18. The van der Waals surface area contributed by atoms with Crippen LogP contribution in [-0.4, -0.2) is 44.8 Å². The number of likely N-dealkylation sites (tertiary alicyclic amines) is 1. The van der Waals surface area contributed by atoms with Crippen molar-refractivity contribution < 1.29 is 4.74 Å². The molecule has 0 aromatic heterocycles. The second-order valence-corrected chi connectivity index (χ2v) is 6.57. The quantitative estimate of drug-likeness (QED) is 0.839. The first-order valence-electron chi connectivity index (χ1n) is 7.01. The van der Waals surface area contributed by atoms with Crippen LogP contribution in [-0.2, 0) is 4.74 Å². The van der Waals surface area contributed by atoms with Gasteiger partial charge in [0.1, 0.15) is 0 Å². The van der Waals surface area contributed by atoms with Gasteiger partial charge in [0.2, 0.25) is 0 Å². The van der Waals surface area contributed by atoms with E-state index in [0.717, 1.165) is 42.0 Å². The molecule has 0 amide bonds. The zero-order chi connectivity index (χ0) is 14.5. The van der Waals surface area contributed by atoms with E-state index in [1.54, 1.807) is 7.11 Å².